The Hall–Kier alpha value is -1.99. The average molecular weight is 283 g/mol. The van der Waals surface area contributed by atoms with Gasteiger partial charge in [-0.1, -0.05) is 13.0 Å². The highest BCUT2D eigenvalue weighted by atomic mass is 35.5. The topological polar surface area (TPSA) is 98.7 Å². The van der Waals surface area contributed by atoms with Gasteiger partial charge in [0, 0.05) is 18.2 Å². The molecule has 102 valence electrons. The van der Waals surface area contributed by atoms with Crippen molar-refractivity contribution in [2.75, 3.05) is 11.9 Å². The minimum absolute atomic E-state index is 0. The summed E-state index contributed by atoms with van der Waals surface area (Å²) in [7, 11) is 0. The summed E-state index contributed by atoms with van der Waals surface area (Å²) in [6.45, 7) is 2.10. The van der Waals surface area contributed by atoms with Crippen LogP contribution in [0.5, 0.6) is 0 Å². The smallest absolute Gasteiger partial charge is 0.228 e. The van der Waals surface area contributed by atoms with Gasteiger partial charge in [0.25, 0.3) is 0 Å². The molecule has 1 aromatic carbocycles. The van der Waals surface area contributed by atoms with Crippen LogP contribution in [0, 0.1) is 5.92 Å². The van der Waals surface area contributed by atoms with Gasteiger partial charge in [0.05, 0.1) is 5.69 Å². The summed E-state index contributed by atoms with van der Waals surface area (Å²) in [6.07, 6.45) is 1.49. The van der Waals surface area contributed by atoms with E-state index in [0.717, 1.165) is 5.69 Å². The van der Waals surface area contributed by atoms with Crippen LogP contribution in [-0.4, -0.2) is 32.7 Å². The molecule has 0 saturated carbocycles. The fourth-order valence-electron chi connectivity index (χ4n) is 1.38. The molecule has 0 aliphatic carbocycles. The van der Waals surface area contributed by atoms with Gasteiger partial charge in [-0.25, -0.2) is 4.68 Å². The molecule has 7 nitrogen and oxygen atoms in total. The zero-order chi connectivity index (χ0) is 13.0. The number of anilines is 1. The predicted octanol–water partition coefficient (Wildman–Crippen LogP) is 0.617. The highest BCUT2D eigenvalue weighted by Crippen LogP contribution is 2.14. The molecule has 2 rings (SSSR count). The normalized spacial score (nSPS) is 11.5. The molecule has 0 aliphatic rings. The molecule has 19 heavy (non-hydrogen) atoms. The lowest BCUT2D eigenvalue weighted by molar-refractivity contribution is -0.119. The SMILES string of the molecule is CC(CN)C(=O)Nc1cccc(-n2cnnn2)c1.Cl. The van der Waals surface area contributed by atoms with E-state index in [1.165, 1.54) is 11.0 Å². The molecule has 8 heteroatoms. The first-order chi connectivity index (χ1) is 8.70. The number of amides is 1. The van der Waals surface area contributed by atoms with Crippen LogP contribution >= 0.6 is 12.4 Å². The van der Waals surface area contributed by atoms with Crippen LogP contribution in [0.2, 0.25) is 0 Å². The number of benzene rings is 1. The summed E-state index contributed by atoms with van der Waals surface area (Å²) < 4.78 is 1.52. The number of carbonyl (C=O) groups excluding carboxylic acids is 1. The molecule has 1 unspecified atom stereocenters. The van der Waals surface area contributed by atoms with Gasteiger partial charge in [-0.3, -0.25) is 4.79 Å². The van der Waals surface area contributed by atoms with E-state index in [1.54, 1.807) is 19.1 Å². The van der Waals surface area contributed by atoms with Gasteiger partial charge in [-0.15, -0.1) is 17.5 Å². The zero-order valence-corrected chi connectivity index (χ0v) is 11.2. The molecule has 0 saturated heterocycles. The van der Waals surface area contributed by atoms with E-state index in [2.05, 4.69) is 20.8 Å². The Morgan fingerprint density at radius 3 is 2.95 bits per heavy atom. The Morgan fingerprint density at radius 1 is 1.53 bits per heavy atom. The molecule has 0 aliphatic heterocycles. The van der Waals surface area contributed by atoms with Crippen molar-refractivity contribution in [3.63, 3.8) is 0 Å². The van der Waals surface area contributed by atoms with Gasteiger partial charge in [0.15, 0.2) is 0 Å². The Morgan fingerprint density at radius 2 is 2.32 bits per heavy atom. The second-order valence-corrected chi connectivity index (χ2v) is 3.93. The summed E-state index contributed by atoms with van der Waals surface area (Å²) in [5.74, 6) is -0.326. The van der Waals surface area contributed by atoms with Crippen LogP contribution in [0.4, 0.5) is 5.69 Å². The molecule has 0 radical (unpaired) electrons. The molecule has 1 aromatic heterocycles. The number of hydrogen-bond acceptors (Lipinski definition) is 5. The summed E-state index contributed by atoms with van der Waals surface area (Å²) >= 11 is 0. The highest BCUT2D eigenvalue weighted by molar-refractivity contribution is 5.92. The summed E-state index contributed by atoms with van der Waals surface area (Å²) in [5, 5.41) is 13.7. The van der Waals surface area contributed by atoms with Crippen molar-refractivity contribution in [2.24, 2.45) is 11.7 Å². The van der Waals surface area contributed by atoms with Crippen molar-refractivity contribution in [1.82, 2.24) is 20.2 Å². The second kappa shape index (κ2) is 6.81. The quantitative estimate of drug-likeness (QED) is 0.856. The summed E-state index contributed by atoms with van der Waals surface area (Å²) in [6, 6.07) is 7.25. The first-order valence-electron chi connectivity index (χ1n) is 5.55. The number of carbonyl (C=O) groups is 1. The van der Waals surface area contributed by atoms with Crippen LogP contribution in [-0.2, 0) is 4.79 Å². The maximum absolute atomic E-state index is 11.7. The van der Waals surface area contributed by atoms with Crippen LogP contribution in [0.15, 0.2) is 30.6 Å². The molecule has 0 spiro atoms. The van der Waals surface area contributed by atoms with E-state index in [9.17, 15) is 4.79 Å². The number of rotatable bonds is 4. The third-order valence-electron chi connectivity index (χ3n) is 2.53. The molecule has 3 N–H and O–H groups in total. The maximum Gasteiger partial charge on any atom is 0.228 e. The Labute approximate surface area is 116 Å². The van der Waals surface area contributed by atoms with E-state index in [-0.39, 0.29) is 24.2 Å². The van der Waals surface area contributed by atoms with E-state index in [1.807, 2.05) is 12.1 Å². The zero-order valence-electron chi connectivity index (χ0n) is 10.4. The maximum atomic E-state index is 11.7. The molecule has 1 amide bonds. The van der Waals surface area contributed by atoms with Crippen LogP contribution in [0.25, 0.3) is 5.69 Å². The first-order valence-corrected chi connectivity index (χ1v) is 5.55. The van der Waals surface area contributed by atoms with Gasteiger partial charge in [0.1, 0.15) is 6.33 Å². The number of tetrazole rings is 1. The van der Waals surface area contributed by atoms with Gasteiger partial charge in [0.2, 0.25) is 5.91 Å². The third-order valence-corrected chi connectivity index (χ3v) is 2.53. The minimum Gasteiger partial charge on any atom is -0.330 e. The fraction of sp³-hybridized carbons (Fsp3) is 0.273. The minimum atomic E-state index is -0.221. The number of halogens is 1. The largest absolute Gasteiger partial charge is 0.330 e. The lowest BCUT2D eigenvalue weighted by Gasteiger charge is -2.10. The van der Waals surface area contributed by atoms with Crippen molar-refractivity contribution < 1.29 is 4.79 Å². The predicted molar refractivity (Wildman–Crippen MR) is 73.3 cm³/mol. The molecule has 2 aromatic rings. The molecule has 1 atom stereocenters. The average Bonchev–Trinajstić information content (AvgIpc) is 2.92. The van der Waals surface area contributed by atoms with Crippen LogP contribution in [0.3, 0.4) is 0 Å². The number of nitrogens with two attached hydrogens (primary N) is 1. The standard InChI is InChI=1S/C11H14N6O.ClH/c1-8(6-12)11(18)14-9-3-2-4-10(5-9)17-7-13-15-16-17;/h2-5,7-8H,6,12H2,1H3,(H,14,18);1H. The first kappa shape index (κ1) is 15.1. The van der Waals surface area contributed by atoms with Gasteiger partial charge < -0.3 is 11.1 Å². The van der Waals surface area contributed by atoms with Crippen LogP contribution < -0.4 is 11.1 Å². The van der Waals surface area contributed by atoms with E-state index < -0.39 is 0 Å². The van der Waals surface area contributed by atoms with E-state index in [4.69, 9.17) is 5.73 Å². The summed E-state index contributed by atoms with van der Waals surface area (Å²) in [5.41, 5.74) is 6.91. The number of hydrogen-bond donors (Lipinski definition) is 2. The second-order valence-electron chi connectivity index (χ2n) is 3.93. The van der Waals surface area contributed by atoms with Crippen LogP contribution in [0.1, 0.15) is 6.92 Å². The number of nitrogens with zero attached hydrogens (tertiary/aromatic N) is 4. The van der Waals surface area contributed by atoms with Gasteiger partial charge >= 0.3 is 0 Å². The van der Waals surface area contributed by atoms with Crippen molar-refractivity contribution in [1.29, 1.82) is 0 Å². The van der Waals surface area contributed by atoms with E-state index in [0.29, 0.717) is 12.2 Å². The lowest BCUT2D eigenvalue weighted by Crippen LogP contribution is -2.26. The van der Waals surface area contributed by atoms with Crippen molar-refractivity contribution >= 4 is 24.0 Å². The van der Waals surface area contributed by atoms with Gasteiger partial charge in [-0.2, -0.15) is 0 Å². The third kappa shape index (κ3) is 3.73. The Balaban J connectivity index is 0.00000180. The monoisotopic (exact) mass is 282 g/mol. The molecular formula is C11H15ClN6O. The number of aromatic nitrogens is 4. The molecule has 0 bridgehead atoms. The van der Waals surface area contributed by atoms with Crippen molar-refractivity contribution in [2.45, 2.75) is 6.92 Å². The summed E-state index contributed by atoms with van der Waals surface area (Å²) in [4.78, 5) is 11.7. The van der Waals surface area contributed by atoms with Crippen molar-refractivity contribution in [3.8, 4) is 5.69 Å². The molecule has 0 fully saturated rings. The fourth-order valence-corrected chi connectivity index (χ4v) is 1.38. The Bertz CT molecular complexity index is 530. The van der Waals surface area contributed by atoms with E-state index >= 15 is 0 Å². The highest BCUT2D eigenvalue weighted by Gasteiger charge is 2.11. The number of nitrogens with one attached hydrogen (secondary N) is 1. The molecular weight excluding hydrogens is 268 g/mol. The lowest BCUT2D eigenvalue weighted by atomic mass is 10.1. The molecule has 1 heterocycles. The Kier molecular flexibility index (Phi) is 5.40. The van der Waals surface area contributed by atoms with Crippen molar-refractivity contribution in [3.05, 3.63) is 30.6 Å². The van der Waals surface area contributed by atoms with Gasteiger partial charge in [-0.05, 0) is 28.6 Å².